The number of urea groups is 1. The largest absolute Gasteiger partial charge is 0.364 e. The first-order valence-electron chi connectivity index (χ1n) is 13.7. The highest BCUT2D eigenvalue weighted by Crippen LogP contribution is 2.43. The number of hydrogen-bond acceptors (Lipinski definition) is 6. The fourth-order valence-corrected chi connectivity index (χ4v) is 5.62. The Labute approximate surface area is 241 Å². The highest BCUT2D eigenvalue weighted by atomic mass is 35.5. The lowest BCUT2D eigenvalue weighted by Gasteiger charge is -2.17. The van der Waals surface area contributed by atoms with Crippen molar-refractivity contribution in [1.29, 1.82) is 0 Å². The molecule has 0 unspecified atom stereocenters. The van der Waals surface area contributed by atoms with Crippen molar-refractivity contribution in [2.75, 3.05) is 23.8 Å². The van der Waals surface area contributed by atoms with Gasteiger partial charge in [-0.3, -0.25) is 19.4 Å². The van der Waals surface area contributed by atoms with E-state index in [-0.39, 0.29) is 36.3 Å². The van der Waals surface area contributed by atoms with E-state index in [9.17, 15) is 14.4 Å². The molecule has 3 fully saturated rings. The van der Waals surface area contributed by atoms with Gasteiger partial charge in [-0.2, -0.15) is 0 Å². The van der Waals surface area contributed by atoms with Gasteiger partial charge in [-0.15, -0.1) is 0 Å². The molecule has 1 aromatic carbocycles. The molecule has 3 aromatic heterocycles. The normalized spacial score (nSPS) is 20.1. The van der Waals surface area contributed by atoms with Gasteiger partial charge >= 0.3 is 6.03 Å². The maximum Gasteiger partial charge on any atom is 0.331 e. The molecule has 41 heavy (non-hydrogen) atoms. The Morgan fingerprint density at radius 1 is 1.10 bits per heavy atom. The number of hydrogen-bond donors (Lipinski definition) is 2. The molecule has 7 rings (SSSR count). The number of rotatable bonds is 8. The van der Waals surface area contributed by atoms with Crippen LogP contribution < -0.4 is 15.5 Å². The van der Waals surface area contributed by atoms with E-state index in [1.54, 1.807) is 18.3 Å². The Bertz CT molecular complexity index is 1720. The van der Waals surface area contributed by atoms with Crippen LogP contribution >= 0.6 is 11.6 Å². The Morgan fingerprint density at radius 3 is 2.71 bits per heavy atom. The molecule has 4 aromatic rings. The summed E-state index contributed by atoms with van der Waals surface area (Å²) >= 11 is 6.12. The highest BCUT2D eigenvalue weighted by Gasteiger charge is 2.40. The molecule has 4 heterocycles. The quantitative estimate of drug-likeness (QED) is 0.301. The number of nitrogens with one attached hydrogen (secondary N) is 2. The Morgan fingerprint density at radius 2 is 1.95 bits per heavy atom. The minimum Gasteiger partial charge on any atom is -0.364 e. The van der Waals surface area contributed by atoms with Crippen molar-refractivity contribution in [2.24, 2.45) is 0 Å². The van der Waals surface area contributed by atoms with Crippen LogP contribution in [-0.2, 0) is 11.3 Å². The lowest BCUT2D eigenvalue weighted by molar-refractivity contribution is -0.123. The van der Waals surface area contributed by atoms with Crippen LogP contribution in [0, 0.1) is 0 Å². The number of amides is 4. The van der Waals surface area contributed by atoms with Crippen LogP contribution in [-0.4, -0.2) is 56.7 Å². The van der Waals surface area contributed by atoms with Crippen LogP contribution in [0.5, 0.6) is 0 Å². The number of imide groups is 1. The summed E-state index contributed by atoms with van der Waals surface area (Å²) in [5, 5.41) is 7.07. The molecule has 3 aliphatic rings. The van der Waals surface area contributed by atoms with E-state index in [1.807, 2.05) is 40.9 Å². The molecule has 4 amide bonds. The molecule has 10 nitrogen and oxygen atoms in total. The van der Waals surface area contributed by atoms with Gasteiger partial charge in [-0.05, 0) is 66.6 Å². The van der Waals surface area contributed by atoms with E-state index in [4.69, 9.17) is 16.6 Å². The van der Waals surface area contributed by atoms with E-state index in [2.05, 4.69) is 21.8 Å². The second kappa shape index (κ2) is 9.88. The molecule has 2 atom stereocenters. The summed E-state index contributed by atoms with van der Waals surface area (Å²) in [6.07, 6.45) is 8.68. The summed E-state index contributed by atoms with van der Waals surface area (Å²) in [6, 6.07) is 12.9. The standard InChI is InChI=1S/C30H28ClN7O3/c1-36-27(39)16-38(30(36)41)25-10-20(17-5-6-17)14-37-15-22(34-28(25)37)13-33-26-11-19(7-8-32-26)29(40)35-24-12-23(24)18-3-2-4-21(31)9-18/h2-4,7-11,14-15,17,23-24H,5-6,12-13,16H2,1H3,(H,32,33)(H,35,40)/t23-,24+/m1/s1. The summed E-state index contributed by atoms with van der Waals surface area (Å²) < 4.78 is 1.93. The lowest BCUT2D eigenvalue weighted by atomic mass is 10.1. The van der Waals surface area contributed by atoms with Crippen LogP contribution in [0.4, 0.5) is 16.3 Å². The van der Waals surface area contributed by atoms with Gasteiger partial charge in [0.15, 0.2) is 5.65 Å². The number of carbonyl (C=O) groups excluding carboxylic acids is 3. The van der Waals surface area contributed by atoms with Gasteiger partial charge < -0.3 is 15.0 Å². The van der Waals surface area contributed by atoms with Crippen LogP contribution in [0.3, 0.4) is 0 Å². The molecule has 208 valence electrons. The zero-order valence-electron chi connectivity index (χ0n) is 22.4. The third-order valence-corrected chi connectivity index (χ3v) is 8.22. The van der Waals surface area contributed by atoms with E-state index >= 15 is 0 Å². The number of likely N-dealkylation sites (N-methyl/N-ethyl adjacent to an activating group) is 1. The second-order valence-electron chi connectivity index (χ2n) is 11.0. The molecule has 2 aliphatic carbocycles. The minimum atomic E-state index is -0.350. The maximum atomic E-state index is 12.9. The van der Waals surface area contributed by atoms with Crippen molar-refractivity contribution >= 4 is 46.6 Å². The van der Waals surface area contributed by atoms with Crippen molar-refractivity contribution in [1.82, 2.24) is 24.6 Å². The molecule has 2 saturated carbocycles. The molecule has 11 heteroatoms. The molecular weight excluding hydrogens is 542 g/mol. The number of imidazole rings is 1. The van der Waals surface area contributed by atoms with Crippen molar-refractivity contribution in [3.8, 4) is 0 Å². The zero-order chi connectivity index (χ0) is 28.2. The Kier molecular flexibility index (Phi) is 6.15. The number of pyridine rings is 2. The SMILES string of the molecule is CN1C(=O)CN(c2cc(C3CC3)cn3cc(CNc4cc(C(=O)N[C@H]5C[C@@H]5c5cccc(Cl)c5)ccn4)nc23)C1=O. The highest BCUT2D eigenvalue weighted by molar-refractivity contribution is 6.30. The Hall–Kier alpha value is -4.44. The van der Waals surface area contributed by atoms with Gasteiger partial charge in [-0.1, -0.05) is 23.7 Å². The van der Waals surface area contributed by atoms with Crippen molar-refractivity contribution in [3.05, 3.63) is 88.5 Å². The molecule has 0 bridgehead atoms. The Balaban J connectivity index is 1.05. The average molecular weight is 570 g/mol. The molecule has 0 radical (unpaired) electrons. The first-order valence-corrected chi connectivity index (χ1v) is 14.1. The molecule has 2 N–H and O–H groups in total. The second-order valence-corrected chi connectivity index (χ2v) is 11.4. The molecule has 1 aliphatic heterocycles. The number of fused-ring (bicyclic) bond motifs is 1. The third kappa shape index (κ3) is 4.99. The van der Waals surface area contributed by atoms with Crippen LogP contribution in [0.15, 0.2) is 61.1 Å². The van der Waals surface area contributed by atoms with Crippen LogP contribution in [0.1, 0.15) is 58.3 Å². The minimum absolute atomic E-state index is 0.000961. The summed E-state index contributed by atoms with van der Waals surface area (Å²) in [6.45, 7) is 0.364. The first-order chi connectivity index (χ1) is 19.8. The zero-order valence-corrected chi connectivity index (χ0v) is 23.1. The number of halogens is 1. The van der Waals surface area contributed by atoms with Gasteiger partial charge in [0, 0.05) is 48.2 Å². The van der Waals surface area contributed by atoms with Crippen molar-refractivity contribution < 1.29 is 14.4 Å². The number of carbonyl (C=O) groups is 3. The van der Waals surface area contributed by atoms with Gasteiger partial charge in [-0.25, -0.2) is 14.8 Å². The fraction of sp³-hybridized carbons (Fsp3) is 0.300. The monoisotopic (exact) mass is 569 g/mol. The predicted molar refractivity (Wildman–Crippen MR) is 154 cm³/mol. The molecule has 1 saturated heterocycles. The topological polar surface area (TPSA) is 112 Å². The number of benzene rings is 1. The molecule has 0 spiro atoms. The van der Waals surface area contributed by atoms with E-state index < -0.39 is 0 Å². The fourth-order valence-electron chi connectivity index (χ4n) is 5.42. The van der Waals surface area contributed by atoms with E-state index in [0.29, 0.717) is 40.2 Å². The number of nitrogens with zero attached hydrogens (tertiary/aromatic N) is 5. The van der Waals surface area contributed by atoms with Crippen molar-refractivity contribution in [3.63, 3.8) is 0 Å². The predicted octanol–water partition coefficient (Wildman–Crippen LogP) is 4.56. The number of aromatic nitrogens is 3. The van der Waals surface area contributed by atoms with Crippen molar-refractivity contribution in [2.45, 2.75) is 43.7 Å². The number of anilines is 2. The average Bonchev–Trinajstić information content (AvgIpc) is 3.89. The smallest absolute Gasteiger partial charge is 0.331 e. The first kappa shape index (κ1) is 25.5. The van der Waals surface area contributed by atoms with Crippen LogP contribution in [0.25, 0.3) is 5.65 Å². The van der Waals surface area contributed by atoms with E-state index in [0.717, 1.165) is 41.0 Å². The van der Waals surface area contributed by atoms with Gasteiger partial charge in [0.1, 0.15) is 12.4 Å². The summed E-state index contributed by atoms with van der Waals surface area (Å²) in [7, 11) is 1.50. The van der Waals surface area contributed by atoms with Crippen LogP contribution in [0.2, 0.25) is 5.02 Å². The van der Waals surface area contributed by atoms with Gasteiger partial charge in [0.05, 0.1) is 17.9 Å². The van der Waals surface area contributed by atoms with E-state index in [1.165, 1.54) is 11.9 Å². The summed E-state index contributed by atoms with van der Waals surface area (Å²) in [4.78, 5) is 49.7. The maximum absolute atomic E-state index is 12.9. The third-order valence-electron chi connectivity index (χ3n) is 7.98. The lowest BCUT2D eigenvalue weighted by Crippen LogP contribution is -2.30. The summed E-state index contributed by atoms with van der Waals surface area (Å²) in [5.41, 5.74) is 4.77. The van der Waals surface area contributed by atoms with Gasteiger partial charge in [0.2, 0.25) is 5.91 Å². The summed E-state index contributed by atoms with van der Waals surface area (Å²) in [5.74, 6) is 0.896. The molecular formula is C30H28ClN7O3. The van der Waals surface area contributed by atoms with Gasteiger partial charge in [0.25, 0.3) is 5.91 Å².